The average molecular weight is 217 g/mol. The van der Waals surface area contributed by atoms with Crippen LogP contribution in [0.15, 0.2) is 30.3 Å². The Kier molecular flexibility index (Phi) is 3.39. The molecule has 1 heterocycles. The highest BCUT2D eigenvalue weighted by Crippen LogP contribution is 2.28. The predicted octanol–water partition coefficient (Wildman–Crippen LogP) is 2.45. The molecule has 0 bridgehead atoms. The van der Waals surface area contributed by atoms with Gasteiger partial charge in [-0.25, -0.2) is 0 Å². The van der Waals surface area contributed by atoms with E-state index < -0.39 is 0 Å². The lowest BCUT2D eigenvalue weighted by Gasteiger charge is -2.21. The summed E-state index contributed by atoms with van der Waals surface area (Å²) in [6.45, 7) is 5.75. The van der Waals surface area contributed by atoms with E-state index in [1.165, 1.54) is 12.0 Å². The van der Waals surface area contributed by atoms with Crippen LogP contribution in [-0.2, 0) is 4.79 Å². The van der Waals surface area contributed by atoms with Gasteiger partial charge in [0.2, 0.25) is 0 Å². The maximum Gasteiger partial charge on any atom is 0.146 e. The first-order valence-electron chi connectivity index (χ1n) is 5.98. The minimum Gasteiger partial charge on any atom is -0.298 e. The van der Waals surface area contributed by atoms with E-state index in [4.69, 9.17) is 0 Å². The first-order chi connectivity index (χ1) is 7.68. The van der Waals surface area contributed by atoms with Crippen molar-refractivity contribution in [3.05, 3.63) is 35.9 Å². The van der Waals surface area contributed by atoms with Crippen molar-refractivity contribution >= 4 is 5.78 Å². The van der Waals surface area contributed by atoms with Crippen LogP contribution >= 0.6 is 0 Å². The van der Waals surface area contributed by atoms with Crippen LogP contribution in [0.25, 0.3) is 0 Å². The lowest BCUT2D eigenvalue weighted by atomic mass is 9.99. The fourth-order valence-corrected chi connectivity index (χ4v) is 2.39. The minimum absolute atomic E-state index is 0.0775. The molecule has 1 aromatic rings. The van der Waals surface area contributed by atoms with Crippen LogP contribution in [0.1, 0.15) is 31.7 Å². The quantitative estimate of drug-likeness (QED) is 0.775. The molecule has 0 saturated carbocycles. The second-order valence-electron chi connectivity index (χ2n) is 4.68. The number of carbonyl (C=O) groups is 1. The molecule has 1 fully saturated rings. The van der Waals surface area contributed by atoms with Gasteiger partial charge in [0.25, 0.3) is 0 Å². The topological polar surface area (TPSA) is 20.3 Å². The molecule has 0 aromatic heterocycles. The van der Waals surface area contributed by atoms with E-state index in [0.29, 0.717) is 5.92 Å². The van der Waals surface area contributed by atoms with Gasteiger partial charge in [-0.2, -0.15) is 0 Å². The molecular formula is C14H19NO. The number of ketones is 1. The third kappa shape index (κ3) is 2.33. The summed E-state index contributed by atoms with van der Waals surface area (Å²) in [6.07, 6.45) is 1.17. The number of likely N-dealkylation sites (tertiary alicyclic amines) is 1. The van der Waals surface area contributed by atoms with Crippen molar-refractivity contribution in [2.75, 3.05) is 13.1 Å². The number of benzene rings is 1. The molecule has 0 radical (unpaired) electrons. The van der Waals surface area contributed by atoms with Crippen molar-refractivity contribution < 1.29 is 4.79 Å². The Hall–Kier alpha value is -1.15. The van der Waals surface area contributed by atoms with Gasteiger partial charge in [0, 0.05) is 6.54 Å². The average Bonchev–Trinajstić information content (AvgIpc) is 2.78. The molecule has 2 atom stereocenters. The highest BCUT2D eigenvalue weighted by molar-refractivity contribution is 5.81. The number of Topliss-reactive ketones (excluding diaryl/α,β-unsaturated/α-hetero) is 1. The predicted molar refractivity (Wildman–Crippen MR) is 65.5 cm³/mol. The summed E-state index contributed by atoms with van der Waals surface area (Å²) in [5, 5.41) is 0. The van der Waals surface area contributed by atoms with Gasteiger partial charge in [-0.1, -0.05) is 30.3 Å². The monoisotopic (exact) mass is 217 g/mol. The number of rotatable bonds is 3. The van der Waals surface area contributed by atoms with Crippen LogP contribution in [-0.4, -0.2) is 29.8 Å². The van der Waals surface area contributed by atoms with Crippen LogP contribution < -0.4 is 0 Å². The van der Waals surface area contributed by atoms with Gasteiger partial charge >= 0.3 is 0 Å². The normalized spacial score (nSPS) is 23.2. The molecule has 1 aliphatic heterocycles. The molecule has 1 saturated heterocycles. The lowest BCUT2D eigenvalue weighted by molar-refractivity contribution is -0.121. The molecule has 0 amide bonds. The molecule has 2 heteroatoms. The largest absolute Gasteiger partial charge is 0.298 e. The van der Waals surface area contributed by atoms with Crippen LogP contribution in [0.5, 0.6) is 0 Å². The van der Waals surface area contributed by atoms with Crippen molar-refractivity contribution in [2.45, 2.75) is 32.2 Å². The highest BCUT2D eigenvalue weighted by atomic mass is 16.1. The van der Waals surface area contributed by atoms with Crippen LogP contribution in [0.4, 0.5) is 0 Å². The summed E-state index contributed by atoms with van der Waals surface area (Å²) in [7, 11) is 0. The van der Waals surface area contributed by atoms with Gasteiger partial charge in [0.1, 0.15) is 5.78 Å². The van der Waals surface area contributed by atoms with Crippen molar-refractivity contribution in [1.29, 1.82) is 0 Å². The number of hydrogen-bond donors (Lipinski definition) is 0. The third-order valence-corrected chi connectivity index (χ3v) is 3.63. The Labute approximate surface area is 97.3 Å². The van der Waals surface area contributed by atoms with Crippen LogP contribution in [0.3, 0.4) is 0 Å². The summed E-state index contributed by atoms with van der Waals surface area (Å²) < 4.78 is 0. The molecule has 2 unspecified atom stereocenters. The van der Waals surface area contributed by atoms with Gasteiger partial charge in [-0.05, 0) is 38.3 Å². The Bertz CT molecular complexity index is 360. The number of hydrogen-bond acceptors (Lipinski definition) is 2. The Morgan fingerprint density at radius 3 is 2.69 bits per heavy atom. The molecule has 16 heavy (non-hydrogen) atoms. The fraction of sp³-hybridized carbons (Fsp3) is 0.500. The minimum atomic E-state index is 0.0775. The SMILES string of the molecule is CC(=O)C(C)N1CCC(c2ccccc2)C1. The van der Waals surface area contributed by atoms with Gasteiger partial charge in [-0.15, -0.1) is 0 Å². The van der Waals surface area contributed by atoms with E-state index in [9.17, 15) is 4.79 Å². The molecule has 1 aliphatic rings. The van der Waals surface area contributed by atoms with Gasteiger partial charge < -0.3 is 0 Å². The second-order valence-corrected chi connectivity index (χ2v) is 4.68. The molecule has 0 aliphatic carbocycles. The van der Waals surface area contributed by atoms with E-state index >= 15 is 0 Å². The summed E-state index contributed by atoms with van der Waals surface area (Å²) in [6, 6.07) is 10.7. The maximum absolute atomic E-state index is 11.3. The zero-order chi connectivity index (χ0) is 11.5. The first-order valence-corrected chi connectivity index (χ1v) is 5.98. The summed E-state index contributed by atoms with van der Waals surface area (Å²) >= 11 is 0. The summed E-state index contributed by atoms with van der Waals surface area (Å²) in [5.74, 6) is 0.872. The first kappa shape index (κ1) is 11.3. The second kappa shape index (κ2) is 4.79. The molecule has 0 spiro atoms. The Balaban J connectivity index is 2.01. The van der Waals surface area contributed by atoms with Gasteiger partial charge in [0.05, 0.1) is 6.04 Å². The van der Waals surface area contributed by atoms with E-state index in [1.54, 1.807) is 6.92 Å². The van der Waals surface area contributed by atoms with E-state index in [1.807, 2.05) is 6.92 Å². The summed E-state index contributed by atoms with van der Waals surface area (Å²) in [4.78, 5) is 13.6. The van der Waals surface area contributed by atoms with E-state index in [2.05, 4.69) is 35.2 Å². The fourth-order valence-electron chi connectivity index (χ4n) is 2.39. The Morgan fingerprint density at radius 1 is 1.38 bits per heavy atom. The van der Waals surface area contributed by atoms with Crippen molar-refractivity contribution in [3.8, 4) is 0 Å². The number of nitrogens with zero attached hydrogens (tertiary/aromatic N) is 1. The van der Waals surface area contributed by atoms with Gasteiger partial charge in [0.15, 0.2) is 0 Å². The van der Waals surface area contributed by atoms with Crippen molar-refractivity contribution in [2.24, 2.45) is 0 Å². The molecule has 1 aromatic carbocycles. The zero-order valence-electron chi connectivity index (χ0n) is 10.0. The molecule has 2 rings (SSSR count). The highest BCUT2D eigenvalue weighted by Gasteiger charge is 2.28. The van der Waals surface area contributed by atoms with Crippen molar-refractivity contribution in [3.63, 3.8) is 0 Å². The van der Waals surface area contributed by atoms with Crippen molar-refractivity contribution in [1.82, 2.24) is 4.90 Å². The summed E-state index contributed by atoms with van der Waals surface area (Å²) in [5.41, 5.74) is 1.40. The molecule has 2 nitrogen and oxygen atoms in total. The molecular weight excluding hydrogens is 198 g/mol. The van der Waals surface area contributed by atoms with Crippen LogP contribution in [0.2, 0.25) is 0 Å². The van der Waals surface area contributed by atoms with E-state index in [-0.39, 0.29) is 11.8 Å². The molecule has 86 valence electrons. The standard InChI is InChI=1S/C14H19NO/c1-11(12(2)16)15-9-8-14(10-15)13-6-4-3-5-7-13/h3-7,11,14H,8-10H2,1-2H3. The lowest BCUT2D eigenvalue weighted by Crippen LogP contribution is -2.35. The Morgan fingerprint density at radius 2 is 2.06 bits per heavy atom. The van der Waals surface area contributed by atoms with E-state index in [0.717, 1.165) is 13.1 Å². The van der Waals surface area contributed by atoms with Crippen LogP contribution in [0, 0.1) is 0 Å². The smallest absolute Gasteiger partial charge is 0.146 e. The third-order valence-electron chi connectivity index (χ3n) is 3.63. The maximum atomic E-state index is 11.3. The molecule has 0 N–H and O–H groups in total. The van der Waals surface area contributed by atoms with Gasteiger partial charge in [-0.3, -0.25) is 9.69 Å². The number of carbonyl (C=O) groups excluding carboxylic acids is 1. The zero-order valence-corrected chi connectivity index (χ0v) is 10.0.